The topological polar surface area (TPSA) is 94.5 Å². The van der Waals surface area contributed by atoms with E-state index in [9.17, 15) is 23.2 Å². The van der Waals surface area contributed by atoms with Crippen molar-refractivity contribution < 1.29 is 37.4 Å². The summed E-state index contributed by atoms with van der Waals surface area (Å²) in [6.07, 6.45) is 3.74. The molecule has 1 aliphatic carbocycles. The number of alkyl halides is 2. The zero-order valence-corrected chi connectivity index (χ0v) is 20.4. The fourth-order valence-electron chi connectivity index (χ4n) is 4.87. The maximum atomic E-state index is 13.4. The number of hydrogen-bond donors (Lipinski definition) is 0. The average Bonchev–Trinajstić information content (AvgIpc) is 3.51. The molecule has 2 atom stereocenters. The Balaban J connectivity index is 1.37. The maximum absolute atomic E-state index is 13.4. The highest BCUT2D eigenvalue weighted by Crippen LogP contribution is 2.43. The second kappa shape index (κ2) is 9.57. The SMILES string of the molecule is CC(=O)N1CC(c2ccc(OC(F)F)c(OCC3CC3)c2)C[C@]1(C)C(=O)Oc1ccc2c(c1)C=NC2=O. The fraction of sp³-hybridized carbons (Fsp3) is 0.407. The van der Waals surface area contributed by atoms with Crippen molar-refractivity contribution in [1.82, 2.24) is 4.90 Å². The predicted octanol–water partition coefficient (Wildman–Crippen LogP) is 4.35. The number of nitrogens with zero attached hydrogens (tertiary/aromatic N) is 2. The van der Waals surface area contributed by atoms with Gasteiger partial charge in [0.05, 0.1) is 12.2 Å². The Labute approximate surface area is 212 Å². The van der Waals surface area contributed by atoms with Crippen molar-refractivity contribution in [2.24, 2.45) is 10.9 Å². The third-order valence-corrected chi connectivity index (χ3v) is 7.07. The summed E-state index contributed by atoms with van der Waals surface area (Å²) in [6, 6.07) is 9.35. The second-order valence-corrected chi connectivity index (χ2v) is 9.85. The lowest BCUT2D eigenvalue weighted by molar-refractivity contribution is -0.152. The molecule has 1 saturated heterocycles. The van der Waals surface area contributed by atoms with Gasteiger partial charge in [0.25, 0.3) is 5.91 Å². The molecule has 8 nitrogen and oxygen atoms in total. The third kappa shape index (κ3) is 5.05. The normalized spacial score (nSPS) is 22.4. The Bertz CT molecular complexity index is 1290. The zero-order valence-electron chi connectivity index (χ0n) is 20.4. The van der Waals surface area contributed by atoms with Crippen molar-refractivity contribution in [1.29, 1.82) is 0 Å². The van der Waals surface area contributed by atoms with E-state index in [1.54, 1.807) is 31.2 Å². The number of halogens is 2. The number of fused-ring (bicyclic) bond motifs is 1. The van der Waals surface area contributed by atoms with Crippen molar-refractivity contribution in [3.8, 4) is 17.2 Å². The molecule has 2 aromatic carbocycles. The van der Waals surface area contributed by atoms with E-state index in [0.717, 1.165) is 18.4 Å². The van der Waals surface area contributed by atoms with Gasteiger partial charge in [0.15, 0.2) is 11.5 Å². The van der Waals surface area contributed by atoms with Gasteiger partial charge in [-0.2, -0.15) is 8.78 Å². The summed E-state index contributed by atoms with van der Waals surface area (Å²) in [6.45, 7) is 0.691. The first kappa shape index (κ1) is 24.9. The summed E-state index contributed by atoms with van der Waals surface area (Å²) < 4.78 is 41.9. The van der Waals surface area contributed by atoms with Crippen LogP contribution in [-0.4, -0.2) is 54.2 Å². The Morgan fingerprint density at radius 1 is 1.16 bits per heavy atom. The van der Waals surface area contributed by atoms with E-state index in [0.29, 0.717) is 23.7 Å². The van der Waals surface area contributed by atoms with E-state index >= 15 is 0 Å². The molecule has 2 fully saturated rings. The number of rotatable bonds is 8. The highest BCUT2D eigenvalue weighted by atomic mass is 19.3. The van der Waals surface area contributed by atoms with Crippen LogP contribution in [-0.2, 0) is 9.59 Å². The molecule has 0 radical (unpaired) electrons. The summed E-state index contributed by atoms with van der Waals surface area (Å²) in [5.74, 6) is -0.731. The van der Waals surface area contributed by atoms with E-state index in [4.69, 9.17) is 9.47 Å². The summed E-state index contributed by atoms with van der Waals surface area (Å²) in [5, 5.41) is 0. The van der Waals surface area contributed by atoms with E-state index in [-0.39, 0.29) is 47.9 Å². The molecule has 5 rings (SSSR count). The summed E-state index contributed by atoms with van der Waals surface area (Å²) in [7, 11) is 0. The standard InChI is InChI=1S/C27H26F2N2O6/c1-15(32)31-13-19(17-5-8-22(37-26(28)29)23(10-17)35-14-16-3-4-16)11-27(31,2)25(34)36-20-6-7-21-18(9-20)12-30-24(21)33/h5-10,12,16,19,26H,3-4,11,13-14H2,1-2H3/t19?,27-/m1/s1. The van der Waals surface area contributed by atoms with Crippen LogP contribution in [0, 0.1) is 5.92 Å². The van der Waals surface area contributed by atoms with Crippen LogP contribution in [0.2, 0.25) is 0 Å². The molecule has 0 aromatic heterocycles. The zero-order chi connectivity index (χ0) is 26.3. The van der Waals surface area contributed by atoms with E-state index < -0.39 is 18.1 Å². The van der Waals surface area contributed by atoms with Crippen molar-refractivity contribution in [2.75, 3.05) is 13.2 Å². The van der Waals surface area contributed by atoms with Gasteiger partial charge in [-0.25, -0.2) is 9.79 Å². The van der Waals surface area contributed by atoms with Crippen molar-refractivity contribution in [3.63, 3.8) is 0 Å². The third-order valence-electron chi connectivity index (χ3n) is 7.07. The lowest BCUT2D eigenvalue weighted by Crippen LogP contribution is -2.51. The minimum atomic E-state index is -2.99. The molecular weight excluding hydrogens is 486 g/mol. The average molecular weight is 513 g/mol. The minimum absolute atomic E-state index is 0.0541. The summed E-state index contributed by atoms with van der Waals surface area (Å²) in [5.41, 5.74) is 0.448. The van der Waals surface area contributed by atoms with Gasteiger partial charge < -0.3 is 19.1 Å². The van der Waals surface area contributed by atoms with Gasteiger partial charge in [0, 0.05) is 31.2 Å². The molecule has 0 bridgehead atoms. The van der Waals surface area contributed by atoms with Gasteiger partial charge in [0.1, 0.15) is 11.3 Å². The van der Waals surface area contributed by atoms with Crippen LogP contribution in [0.3, 0.4) is 0 Å². The van der Waals surface area contributed by atoms with Crippen LogP contribution >= 0.6 is 0 Å². The number of likely N-dealkylation sites (tertiary alicyclic amines) is 1. The first-order valence-corrected chi connectivity index (χ1v) is 12.1. The molecule has 0 N–H and O–H groups in total. The highest BCUT2D eigenvalue weighted by Gasteiger charge is 2.50. The number of amides is 2. The van der Waals surface area contributed by atoms with E-state index in [2.05, 4.69) is 9.73 Å². The molecule has 37 heavy (non-hydrogen) atoms. The number of hydrogen-bond acceptors (Lipinski definition) is 6. The van der Waals surface area contributed by atoms with Crippen LogP contribution in [0.4, 0.5) is 8.78 Å². The van der Waals surface area contributed by atoms with Crippen molar-refractivity contribution in [3.05, 3.63) is 53.1 Å². The van der Waals surface area contributed by atoms with Gasteiger partial charge in [-0.3, -0.25) is 9.59 Å². The highest BCUT2D eigenvalue weighted by molar-refractivity contribution is 6.13. The minimum Gasteiger partial charge on any atom is -0.489 e. The monoisotopic (exact) mass is 512 g/mol. The lowest BCUT2D eigenvalue weighted by Gasteiger charge is -2.31. The smallest absolute Gasteiger partial charge is 0.387 e. The largest absolute Gasteiger partial charge is 0.489 e. The predicted molar refractivity (Wildman–Crippen MR) is 128 cm³/mol. The first-order chi connectivity index (χ1) is 17.6. The van der Waals surface area contributed by atoms with Crippen LogP contribution in [0.1, 0.15) is 60.5 Å². The molecule has 194 valence electrons. The van der Waals surface area contributed by atoms with Gasteiger partial charge in [-0.15, -0.1) is 0 Å². The molecule has 2 amide bonds. The van der Waals surface area contributed by atoms with Gasteiger partial charge in [0.2, 0.25) is 5.91 Å². The Morgan fingerprint density at radius 2 is 1.95 bits per heavy atom. The molecule has 0 spiro atoms. The lowest BCUT2D eigenvalue weighted by atomic mass is 9.89. The van der Waals surface area contributed by atoms with Crippen LogP contribution in [0.25, 0.3) is 0 Å². The van der Waals surface area contributed by atoms with E-state index in [1.165, 1.54) is 30.2 Å². The molecule has 1 saturated carbocycles. The van der Waals surface area contributed by atoms with E-state index in [1.807, 2.05) is 0 Å². The number of carbonyl (C=O) groups excluding carboxylic acids is 3. The fourth-order valence-corrected chi connectivity index (χ4v) is 4.87. The van der Waals surface area contributed by atoms with Gasteiger partial charge in [-0.1, -0.05) is 6.07 Å². The molecule has 10 heteroatoms. The van der Waals surface area contributed by atoms with Gasteiger partial charge in [-0.05, 0) is 68.0 Å². The number of aliphatic imine (C=N–C) groups is 1. The van der Waals surface area contributed by atoms with Crippen LogP contribution < -0.4 is 14.2 Å². The molecule has 2 aromatic rings. The van der Waals surface area contributed by atoms with Crippen molar-refractivity contribution >= 4 is 24.0 Å². The second-order valence-electron chi connectivity index (χ2n) is 9.85. The molecule has 2 aliphatic heterocycles. The number of carbonyl (C=O) groups is 3. The Kier molecular flexibility index (Phi) is 6.43. The molecule has 1 unspecified atom stereocenters. The number of esters is 1. The Morgan fingerprint density at radius 3 is 2.65 bits per heavy atom. The number of ether oxygens (including phenoxy) is 3. The maximum Gasteiger partial charge on any atom is 0.387 e. The van der Waals surface area contributed by atoms with Crippen molar-refractivity contribution in [2.45, 2.75) is 51.2 Å². The summed E-state index contributed by atoms with van der Waals surface area (Å²) in [4.78, 5) is 42.8. The quantitative estimate of drug-likeness (QED) is 0.386. The summed E-state index contributed by atoms with van der Waals surface area (Å²) >= 11 is 0. The van der Waals surface area contributed by atoms with Crippen LogP contribution in [0.15, 0.2) is 41.4 Å². The molecular formula is C27H26F2N2O6. The molecule has 2 heterocycles. The van der Waals surface area contributed by atoms with Gasteiger partial charge >= 0.3 is 12.6 Å². The molecule has 3 aliphatic rings. The number of benzene rings is 2. The first-order valence-electron chi connectivity index (χ1n) is 12.1. The van der Waals surface area contributed by atoms with Crippen LogP contribution in [0.5, 0.6) is 17.2 Å². The Hall–Kier alpha value is -3.82.